The van der Waals surface area contributed by atoms with Crippen LogP contribution in [0.25, 0.3) is 0 Å². The molecule has 0 heterocycles. The summed E-state index contributed by atoms with van der Waals surface area (Å²) in [6, 6.07) is 5.56. The van der Waals surface area contributed by atoms with E-state index in [1.54, 1.807) is 0 Å². The second-order valence-corrected chi connectivity index (χ2v) is 2.63. The summed E-state index contributed by atoms with van der Waals surface area (Å²) in [5.41, 5.74) is 0.00698. The molecule has 0 saturated heterocycles. The Kier molecular flexibility index (Phi) is 2.87. The monoisotopic (exact) mass is 199 g/mol. The Morgan fingerprint density at radius 2 is 2.00 bits per heavy atom. The minimum atomic E-state index is -0.487. The molecule has 13 heavy (non-hydrogen) atoms. The number of nitrogens with zero attached hydrogens (tertiary/aromatic N) is 1. The van der Waals surface area contributed by atoms with Crippen molar-refractivity contribution in [1.29, 1.82) is 0 Å². The van der Waals surface area contributed by atoms with Crippen molar-refractivity contribution in [3.63, 3.8) is 0 Å². The smallest absolute Gasteiger partial charge is 0.269 e. The molecule has 0 saturated carbocycles. The zero-order valence-electron chi connectivity index (χ0n) is 6.57. The second kappa shape index (κ2) is 3.91. The lowest BCUT2D eigenvalue weighted by atomic mass is 10.3. The lowest BCUT2D eigenvalue weighted by Crippen LogP contribution is -1.89. The van der Waals surface area contributed by atoms with Gasteiger partial charge in [0, 0.05) is 12.1 Å². The van der Waals surface area contributed by atoms with E-state index in [1.807, 2.05) is 0 Å². The molecule has 0 atom stereocenters. The fourth-order valence-corrected chi connectivity index (χ4v) is 0.853. The van der Waals surface area contributed by atoms with Gasteiger partial charge in [-0.1, -0.05) is 0 Å². The molecule has 0 aliphatic carbocycles. The molecule has 0 aliphatic rings. The first-order valence-electron chi connectivity index (χ1n) is 3.36. The largest absolute Gasteiger partial charge is 0.446 e. The van der Waals surface area contributed by atoms with Crippen LogP contribution in [-0.2, 0) is 0 Å². The standard InChI is InChI=1S/C8H6ClNO3/c1-6(9)13-8-4-2-7(3-5-8)10(11)12/h2-5H,1H2. The number of rotatable bonds is 3. The van der Waals surface area contributed by atoms with E-state index in [4.69, 9.17) is 16.3 Å². The number of hydrogen-bond donors (Lipinski definition) is 0. The number of benzene rings is 1. The summed E-state index contributed by atoms with van der Waals surface area (Å²) in [4.78, 5) is 9.77. The third-order valence-corrected chi connectivity index (χ3v) is 1.35. The van der Waals surface area contributed by atoms with Crippen molar-refractivity contribution < 1.29 is 9.66 Å². The van der Waals surface area contributed by atoms with Crippen LogP contribution in [0.3, 0.4) is 0 Å². The van der Waals surface area contributed by atoms with Crippen LogP contribution in [0, 0.1) is 10.1 Å². The van der Waals surface area contributed by atoms with Gasteiger partial charge in [0.2, 0.25) is 0 Å². The zero-order chi connectivity index (χ0) is 9.84. The van der Waals surface area contributed by atoms with E-state index in [0.29, 0.717) is 5.75 Å². The van der Waals surface area contributed by atoms with Crippen molar-refractivity contribution in [2.75, 3.05) is 0 Å². The Labute approximate surface area is 79.5 Å². The van der Waals surface area contributed by atoms with Crippen LogP contribution in [0.4, 0.5) is 5.69 Å². The molecule has 0 amide bonds. The Bertz CT molecular complexity index is 334. The summed E-state index contributed by atoms with van der Waals surface area (Å²) in [6.45, 7) is 3.32. The topological polar surface area (TPSA) is 52.4 Å². The first kappa shape index (κ1) is 9.54. The summed E-state index contributed by atoms with van der Waals surface area (Å²) in [5.74, 6) is 0.422. The predicted octanol–water partition coefficient (Wildman–Crippen LogP) is 2.68. The van der Waals surface area contributed by atoms with E-state index in [2.05, 4.69) is 6.58 Å². The lowest BCUT2D eigenvalue weighted by molar-refractivity contribution is -0.384. The maximum absolute atomic E-state index is 10.3. The van der Waals surface area contributed by atoms with Crippen LogP contribution >= 0.6 is 11.6 Å². The highest BCUT2D eigenvalue weighted by molar-refractivity contribution is 6.28. The quantitative estimate of drug-likeness (QED) is 0.427. The molecule has 1 aromatic carbocycles. The van der Waals surface area contributed by atoms with Gasteiger partial charge in [0.25, 0.3) is 5.69 Å². The molecule has 0 aromatic heterocycles. The summed E-state index contributed by atoms with van der Waals surface area (Å²) in [6.07, 6.45) is 0. The van der Waals surface area contributed by atoms with Gasteiger partial charge in [-0.3, -0.25) is 10.1 Å². The van der Waals surface area contributed by atoms with Gasteiger partial charge in [-0.05, 0) is 30.3 Å². The van der Waals surface area contributed by atoms with Gasteiger partial charge in [0.15, 0.2) is 5.22 Å². The SMILES string of the molecule is C=C(Cl)Oc1ccc([N+](=O)[O-])cc1. The molecule has 4 nitrogen and oxygen atoms in total. The van der Waals surface area contributed by atoms with Gasteiger partial charge < -0.3 is 4.74 Å². The first-order valence-corrected chi connectivity index (χ1v) is 3.74. The molecule has 68 valence electrons. The molecule has 5 heteroatoms. The van der Waals surface area contributed by atoms with E-state index in [-0.39, 0.29) is 10.9 Å². The number of ether oxygens (including phenoxy) is 1. The molecule has 0 aliphatic heterocycles. The van der Waals surface area contributed by atoms with Crippen LogP contribution in [-0.4, -0.2) is 4.92 Å². The van der Waals surface area contributed by atoms with Crippen molar-refractivity contribution >= 4 is 17.3 Å². The van der Waals surface area contributed by atoms with Crippen molar-refractivity contribution in [2.24, 2.45) is 0 Å². The minimum absolute atomic E-state index is 0.00698. The first-order chi connectivity index (χ1) is 6.09. The zero-order valence-corrected chi connectivity index (χ0v) is 7.32. The van der Waals surface area contributed by atoms with E-state index in [0.717, 1.165) is 0 Å². The summed E-state index contributed by atoms with van der Waals surface area (Å²) < 4.78 is 4.90. The van der Waals surface area contributed by atoms with Crippen LogP contribution in [0.5, 0.6) is 5.75 Å². The summed E-state index contributed by atoms with van der Waals surface area (Å²) >= 11 is 5.36. The van der Waals surface area contributed by atoms with Gasteiger partial charge in [0.1, 0.15) is 5.75 Å². The number of nitro groups is 1. The van der Waals surface area contributed by atoms with Crippen molar-refractivity contribution in [3.05, 3.63) is 46.2 Å². The minimum Gasteiger partial charge on any atom is -0.446 e. The molecular weight excluding hydrogens is 194 g/mol. The van der Waals surface area contributed by atoms with E-state index in [1.165, 1.54) is 24.3 Å². The molecule has 0 unspecified atom stereocenters. The number of hydrogen-bond acceptors (Lipinski definition) is 3. The highest BCUT2D eigenvalue weighted by atomic mass is 35.5. The maximum Gasteiger partial charge on any atom is 0.269 e. The van der Waals surface area contributed by atoms with Crippen molar-refractivity contribution in [3.8, 4) is 5.75 Å². The molecule has 0 bridgehead atoms. The van der Waals surface area contributed by atoms with Crippen LogP contribution in [0.2, 0.25) is 0 Å². The fourth-order valence-electron chi connectivity index (χ4n) is 0.764. The van der Waals surface area contributed by atoms with E-state index in [9.17, 15) is 10.1 Å². The van der Waals surface area contributed by atoms with E-state index >= 15 is 0 Å². The average molecular weight is 200 g/mol. The molecule has 1 aromatic rings. The third-order valence-electron chi connectivity index (χ3n) is 1.28. The molecule has 0 N–H and O–H groups in total. The normalized spacial score (nSPS) is 9.31. The van der Waals surface area contributed by atoms with Crippen LogP contribution < -0.4 is 4.74 Å². The Balaban J connectivity index is 2.81. The fraction of sp³-hybridized carbons (Fsp3) is 0. The van der Waals surface area contributed by atoms with Crippen molar-refractivity contribution in [1.82, 2.24) is 0 Å². The van der Waals surface area contributed by atoms with Gasteiger partial charge in [-0.15, -0.1) is 0 Å². The van der Waals surface area contributed by atoms with Gasteiger partial charge in [-0.25, -0.2) is 0 Å². The Morgan fingerprint density at radius 3 is 2.38 bits per heavy atom. The Hall–Kier alpha value is -1.55. The second-order valence-electron chi connectivity index (χ2n) is 2.21. The number of halogens is 1. The number of non-ortho nitro benzene ring substituents is 1. The lowest BCUT2D eigenvalue weighted by Gasteiger charge is -2.00. The third kappa shape index (κ3) is 2.76. The Morgan fingerprint density at radius 1 is 1.46 bits per heavy atom. The average Bonchev–Trinajstić information content (AvgIpc) is 2.04. The van der Waals surface area contributed by atoms with Crippen molar-refractivity contribution in [2.45, 2.75) is 0 Å². The predicted molar refractivity (Wildman–Crippen MR) is 48.7 cm³/mol. The molecule has 0 radical (unpaired) electrons. The molecule has 0 fully saturated rings. The van der Waals surface area contributed by atoms with Gasteiger partial charge >= 0.3 is 0 Å². The highest BCUT2D eigenvalue weighted by Gasteiger charge is 2.04. The molecular formula is C8H6ClNO3. The maximum atomic E-state index is 10.3. The van der Waals surface area contributed by atoms with E-state index < -0.39 is 4.92 Å². The van der Waals surface area contributed by atoms with Crippen LogP contribution in [0.15, 0.2) is 36.1 Å². The summed E-state index contributed by atoms with van der Waals surface area (Å²) in [5, 5.41) is 10.3. The molecule has 0 spiro atoms. The van der Waals surface area contributed by atoms with Gasteiger partial charge in [0.05, 0.1) is 4.92 Å². The van der Waals surface area contributed by atoms with Crippen LogP contribution in [0.1, 0.15) is 0 Å². The summed E-state index contributed by atoms with van der Waals surface area (Å²) in [7, 11) is 0. The highest BCUT2D eigenvalue weighted by Crippen LogP contribution is 2.19. The number of nitro benzene ring substituents is 1. The van der Waals surface area contributed by atoms with Gasteiger partial charge in [-0.2, -0.15) is 0 Å². The molecule has 1 rings (SSSR count).